The third kappa shape index (κ3) is 2.82. The first-order chi connectivity index (χ1) is 9.13. The van der Waals surface area contributed by atoms with Crippen LogP contribution in [-0.4, -0.2) is 22.9 Å². The molecule has 0 spiro atoms. The van der Waals surface area contributed by atoms with Gasteiger partial charge < -0.3 is 4.43 Å². The maximum absolute atomic E-state index is 6.31. The van der Waals surface area contributed by atoms with Crippen LogP contribution in [0.15, 0.2) is 16.7 Å². The number of aryl methyl sites for hydroxylation is 1. The third-order valence-corrected chi connectivity index (χ3v) is 9.40. The second-order valence-corrected chi connectivity index (χ2v) is 12.3. The van der Waals surface area contributed by atoms with Gasteiger partial charge in [0.2, 0.25) is 0 Å². The van der Waals surface area contributed by atoms with Gasteiger partial charge in [0.1, 0.15) is 5.82 Å². The number of halogens is 1. The summed E-state index contributed by atoms with van der Waals surface area (Å²) in [5, 5.41) is 8.60. The largest absolute Gasteiger partial charge is 0.412 e. The maximum atomic E-state index is 6.31. The summed E-state index contributed by atoms with van der Waals surface area (Å²) in [4.78, 5) is 0. The smallest absolute Gasteiger partial charge is 0.192 e. The molecule has 0 unspecified atom stereocenters. The summed E-state index contributed by atoms with van der Waals surface area (Å²) in [7, 11) is -1.77. The highest BCUT2D eigenvalue weighted by molar-refractivity contribution is 9.10. The van der Waals surface area contributed by atoms with Crippen molar-refractivity contribution in [2.45, 2.75) is 52.4 Å². The normalized spacial score (nSPS) is 13.2. The first-order valence-corrected chi connectivity index (χ1v) is 10.5. The zero-order chi connectivity index (χ0) is 15.1. The number of hydrogen-bond donors (Lipinski definition) is 0. The lowest BCUT2D eigenvalue weighted by molar-refractivity contribution is 0.276. The second kappa shape index (κ2) is 5.24. The Morgan fingerprint density at radius 3 is 2.55 bits per heavy atom. The molecule has 0 bridgehead atoms. The van der Waals surface area contributed by atoms with E-state index >= 15 is 0 Å². The van der Waals surface area contributed by atoms with Gasteiger partial charge in [-0.2, -0.15) is 0 Å². The van der Waals surface area contributed by atoms with E-state index < -0.39 is 8.32 Å². The minimum Gasteiger partial charge on any atom is -0.412 e. The van der Waals surface area contributed by atoms with Crippen molar-refractivity contribution in [3.63, 3.8) is 0 Å². The van der Waals surface area contributed by atoms with Crippen molar-refractivity contribution >= 4 is 29.9 Å². The van der Waals surface area contributed by atoms with Crippen LogP contribution >= 0.6 is 15.9 Å². The van der Waals surface area contributed by atoms with Crippen LogP contribution in [0.4, 0.5) is 0 Å². The van der Waals surface area contributed by atoms with Crippen LogP contribution < -0.4 is 0 Å². The van der Waals surface area contributed by atoms with E-state index in [1.165, 1.54) is 0 Å². The van der Waals surface area contributed by atoms with Gasteiger partial charge in [-0.25, -0.2) is 0 Å². The lowest BCUT2D eigenvalue weighted by Crippen LogP contribution is -2.40. The van der Waals surface area contributed by atoms with Crippen molar-refractivity contribution in [1.29, 1.82) is 0 Å². The second-order valence-electron chi connectivity index (χ2n) is 6.63. The molecule has 0 fully saturated rings. The molecule has 2 heterocycles. The number of fused-ring (bicyclic) bond motifs is 1. The van der Waals surface area contributed by atoms with Crippen molar-refractivity contribution in [1.82, 2.24) is 14.6 Å². The first kappa shape index (κ1) is 15.7. The van der Waals surface area contributed by atoms with E-state index in [4.69, 9.17) is 4.43 Å². The van der Waals surface area contributed by atoms with Crippen molar-refractivity contribution in [2.75, 3.05) is 0 Å². The van der Waals surface area contributed by atoms with E-state index in [1.807, 2.05) is 23.6 Å². The van der Waals surface area contributed by atoms with Gasteiger partial charge in [0.25, 0.3) is 0 Å². The maximum Gasteiger partial charge on any atom is 0.192 e. The van der Waals surface area contributed by atoms with E-state index in [2.05, 4.69) is 60.0 Å². The highest BCUT2D eigenvalue weighted by Gasteiger charge is 2.37. The van der Waals surface area contributed by atoms with E-state index in [-0.39, 0.29) is 5.04 Å². The fourth-order valence-corrected chi connectivity index (χ4v) is 3.05. The van der Waals surface area contributed by atoms with Crippen molar-refractivity contribution in [3.8, 4) is 0 Å². The quantitative estimate of drug-likeness (QED) is 0.769. The fourth-order valence-electron chi connectivity index (χ4n) is 1.70. The number of rotatable bonds is 3. The molecule has 4 nitrogen and oxygen atoms in total. The number of nitrogens with zero attached hydrogens (tertiary/aromatic N) is 3. The average molecular weight is 356 g/mol. The molecule has 2 aromatic heterocycles. The Kier molecular flexibility index (Phi) is 4.10. The molecule has 0 saturated carbocycles. The Morgan fingerprint density at radius 1 is 1.30 bits per heavy atom. The molecule has 0 N–H and O–H groups in total. The molecule has 6 heteroatoms. The summed E-state index contributed by atoms with van der Waals surface area (Å²) in [5.41, 5.74) is 1.94. The highest BCUT2D eigenvalue weighted by Crippen LogP contribution is 2.37. The molecule has 0 aliphatic carbocycles. The molecule has 0 saturated heterocycles. The molecule has 2 aromatic rings. The predicted octanol–water partition coefficient (Wildman–Crippen LogP) is 4.32. The van der Waals surface area contributed by atoms with Gasteiger partial charge in [-0.05, 0) is 31.1 Å². The van der Waals surface area contributed by atoms with Gasteiger partial charge in [0, 0.05) is 16.2 Å². The highest BCUT2D eigenvalue weighted by atomic mass is 79.9. The lowest BCUT2D eigenvalue weighted by Gasteiger charge is -2.36. The number of hydrogen-bond acceptors (Lipinski definition) is 3. The van der Waals surface area contributed by atoms with Gasteiger partial charge in [-0.3, -0.25) is 4.40 Å². The van der Waals surface area contributed by atoms with Gasteiger partial charge in [-0.1, -0.05) is 36.7 Å². The molecular weight excluding hydrogens is 334 g/mol. The van der Waals surface area contributed by atoms with Crippen LogP contribution in [0.2, 0.25) is 18.1 Å². The third-order valence-electron chi connectivity index (χ3n) is 4.18. The topological polar surface area (TPSA) is 39.4 Å². The van der Waals surface area contributed by atoms with Gasteiger partial charge >= 0.3 is 0 Å². The summed E-state index contributed by atoms with van der Waals surface area (Å²) in [6.07, 6.45) is 1.98. The molecule has 0 aromatic carbocycles. The molecule has 20 heavy (non-hydrogen) atoms. The van der Waals surface area contributed by atoms with Crippen LogP contribution in [0.25, 0.3) is 5.65 Å². The molecule has 0 radical (unpaired) electrons. The molecule has 0 amide bonds. The van der Waals surface area contributed by atoms with E-state index in [0.29, 0.717) is 6.61 Å². The fraction of sp³-hybridized carbons (Fsp3) is 0.571. The van der Waals surface area contributed by atoms with E-state index in [1.54, 1.807) is 0 Å². The summed E-state index contributed by atoms with van der Waals surface area (Å²) < 4.78 is 9.33. The first-order valence-electron chi connectivity index (χ1n) is 6.76. The monoisotopic (exact) mass is 355 g/mol. The van der Waals surface area contributed by atoms with Gasteiger partial charge in [-0.15, -0.1) is 10.2 Å². The van der Waals surface area contributed by atoms with Crippen LogP contribution in [0, 0.1) is 6.92 Å². The zero-order valence-corrected chi connectivity index (χ0v) is 15.6. The summed E-state index contributed by atoms with van der Waals surface area (Å²) in [6, 6.07) is 2.02. The SMILES string of the molecule is Cc1nnc2c(CO[Si](C)(C)C(C)(C)C)c(Br)ccn12. The summed E-state index contributed by atoms with van der Waals surface area (Å²) in [6.45, 7) is 13.8. The van der Waals surface area contributed by atoms with Crippen LogP contribution in [0.1, 0.15) is 32.2 Å². The Hall–Kier alpha value is -0.723. The summed E-state index contributed by atoms with van der Waals surface area (Å²) in [5.74, 6) is 0.890. The summed E-state index contributed by atoms with van der Waals surface area (Å²) >= 11 is 3.60. The average Bonchev–Trinajstić information content (AvgIpc) is 2.68. The Bertz CT molecular complexity index is 631. The van der Waals surface area contributed by atoms with Crippen molar-refractivity contribution < 1.29 is 4.43 Å². The van der Waals surface area contributed by atoms with E-state index in [9.17, 15) is 0 Å². The molecule has 0 atom stereocenters. The van der Waals surface area contributed by atoms with Gasteiger partial charge in [0.15, 0.2) is 14.0 Å². The minimum absolute atomic E-state index is 0.203. The van der Waals surface area contributed by atoms with Crippen molar-refractivity contribution in [3.05, 3.63) is 28.1 Å². The van der Waals surface area contributed by atoms with Crippen LogP contribution in [-0.2, 0) is 11.0 Å². The van der Waals surface area contributed by atoms with Gasteiger partial charge in [0.05, 0.1) is 6.61 Å². The predicted molar refractivity (Wildman–Crippen MR) is 87.4 cm³/mol. The molecule has 110 valence electrons. The number of aromatic nitrogens is 3. The Morgan fingerprint density at radius 2 is 1.95 bits per heavy atom. The molecule has 2 rings (SSSR count). The van der Waals surface area contributed by atoms with Crippen LogP contribution in [0.5, 0.6) is 0 Å². The zero-order valence-electron chi connectivity index (χ0n) is 13.0. The standard InChI is InChI=1S/C14H22BrN3OSi/c1-10-16-17-13-11(12(15)7-8-18(10)13)9-19-20(5,6)14(2,3)4/h7-8H,9H2,1-6H3. The van der Waals surface area contributed by atoms with Crippen LogP contribution in [0.3, 0.4) is 0 Å². The minimum atomic E-state index is -1.77. The van der Waals surface area contributed by atoms with Crippen molar-refractivity contribution in [2.24, 2.45) is 0 Å². The molecule has 0 aliphatic heterocycles. The Labute approximate surface area is 129 Å². The van der Waals surface area contributed by atoms with E-state index in [0.717, 1.165) is 21.5 Å². The molecular formula is C14H22BrN3OSi. The lowest BCUT2D eigenvalue weighted by atomic mass is 10.2. The molecule has 0 aliphatic rings. The Balaban J connectivity index is 2.33. The number of pyridine rings is 1.